The molecule has 0 aliphatic carbocycles. The van der Waals surface area contributed by atoms with Crippen LogP contribution in [0.25, 0.3) is 10.6 Å². The highest BCUT2D eigenvalue weighted by Crippen LogP contribution is 2.26. The Hall–Kier alpha value is -3.07. The van der Waals surface area contributed by atoms with Crippen molar-refractivity contribution >= 4 is 23.2 Å². The zero-order chi connectivity index (χ0) is 26.8. The minimum Gasteiger partial charge on any atom is -0.390 e. The third-order valence-corrected chi connectivity index (χ3v) is 6.97. The van der Waals surface area contributed by atoms with Crippen LogP contribution < -0.4 is 5.73 Å². The van der Waals surface area contributed by atoms with Gasteiger partial charge < -0.3 is 20.6 Å². The quantitative estimate of drug-likeness (QED) is 0.342. The van der Waals surface area contributed by atoms with Gasteiger partial charge in [-0.05, 0) is 48.6 Å². The van der Waals surface area contributed by atoms with Crippen molar-refractivity contribution < 1.29 is 14.7 Å². The second-order valence-corrected chi connectivity index (χ2v) is 10.1. The van der Waals surface area contributed by atoms with Crippen molar-refractivity contribution in [2.24, 2.45) is 5.73 Å². The molecular formula is C29H38N4O3S. The highest BCUT2D eigenvalue weighted by Gasteiger charge is 2.23. The Balaban J connectivity index is 2.03. The zero-order valence-electron chi connectivity index (χ0n) is 22.0. The lowest BCUT2D eigenvalue weighted by Gasteiger charge is -2.26. The van der Waals surface area contributed by atoms with Gasteiger partial charge in [0.05, 0.1) is 6.10 Å². The fourth-order valence-corrected chi connectivity index (χ4v) is 4.93. The van der Waals surface area contributed by atoms with Gasteiger partial charge in [0.1, 0.15) is 5.01 Å². The molecule has 198 valence electrons. The molecule has 0 saturated carbocycles. The van der Waals surface area contributed by atoms with E-state index in [2.05, 4.69) is 24.0 Å². The Bertz CT molecular complexity index is 1160. The lowest BCUT2D eigenvalue weighted by Crippen LogP contribution is -2.40. The van der Waals surface area contributed by atoms with Gasteiger partial charge in [0.15, 0.2) is 0 Å². The van der Waals surface area contributed by atoms with E-state index >= 15 is 0 Å². The summed E-state index contributed by atoms with van der Waals surface area (Å²) in [7, 11) is 0. The van der Waals surface area contributed by atoms with Gasteiger partial charge in [-0.2, -0.15) is 0 Å². The number of rotatable bonds is 13. The highest BCUT2D eigenvalue weighted by atomic mass is 32.1. The number of benzene rings is 2. The van der Waals surface area contributed by atoms with E-state index in [0.29, 0.717) is 30.8 Å². The van der Waals surface area contributed by atoms with Gasteiger partial charge in [0, 0.05) is 61.0 Å². The van der Waals surface area contributed by atoms with Crippen LogP contribution in [-0.2, 0) is 13.0 Å². The summed E-state index contributed by atoms with van der Waals surface area (Å²) < 4.78 is 0. The molecule has 0 aliphatic heterocycles. The number of aliphatic hydroxyl groups excluding tert-OH is 1. The van der Waals surface area contributed by atoms with Crippen molar-refractivity contribution in [1.82, 2.24) is 14.8 Å². The standard InChI is InChI=1S/C29H38N4O3S/c1-4-11-32(12-5-2)28(35)24-15-23(27-31-10-13-37-27)16-25(17-24)29(36)33(20-26(34)18-30)19-22-9-7-8-21(6-3)14-22/h7-10,13-17,26,34H,4-6,11-12,18-20,30H2,1-3H3/t26-/m0/s1. The van der Waals surface area contributed by atoms with E-state index in [1.165, 1.54) is 16.9 Å². The molecule has 37 heavy (non-hydrogen) atoms. The molecule has 0 aliphatic rings. The summed E-state index contributed by atoms with van der Waals surface area (Å²) in [4.78, 5) is 35.3. The first-order valence-electron chi connectivity index (χ1n) is 13.0. The minimum atomic E-state index is -0.855. The number of nitrogens with zero attached hydrogens (tertiary/aromatic N) is 3. The smallest absolute Gasteiger partial charge is 0.254 e. The van der Waals surface area contributed by atoms with E-state index in [1.54, 1.807) is 23.2 Å². The molecule has 3 rings (SSSR count). The molecule has 0 fully saturated rings. The molecule has 0 radical (unpaired) electrons. The molecule has 2 amide bonds. The summed E-state index contributed by atoms with van der Waals surface area (Å²) in [6, 6.07) is 13.4. The highest BCUT2D eigenvalue weighted by molar-refractivity contribution is 7.13. The number of aromatic nitrogens is 1. The Labute approximate surface area is 223 Å². The largest absolute Gasteiger partial charge is 0.390 e. The van der Waals surface area contributed by atoms with E-state index in [0.717, 1.165) is 35.4 Å². The zero-order valence-corrected chi connectivity index (χ0v) is 22.8. The van der Waals surface area contributed by atoms with E-state index in [9.17, 15) is 14.7 Å². The number of hydrogen-bond acceptors (Lipinski definition) is 6. The molecule has 0 bridgehead atoms. The van der Waals surface area contributed by atoms with Crippen LogP contribution in [0.5, 0.6) is 0 Å². The molecule has 7 nitrogen and oxygen atoms in total. The number of nitrogens with two attached hydrogens (primary N) is 1. The van der Waals surface area contributed by atoms with Crippen molar-refractivity contribution in [3.63, 3.8) is 0 Å². The summed E-state index contributed by atoms with van der Waals surface area (Å²) >= 11 is 1.46. The predicted molar refractivity (Wildman–Crippen MR) is 150 cm³/mol. The maximum absolute atomic E-state index is 13.9. The SMILES string of the molecule is CCCN(CCC)C(=O)c1cc(C(=O)N(Cc2cccc(CC)c2)C[C@@H](O)CN)cc(-c2nccs2)c1. The van der Waals surface area contributed by atoms with Crippen molar-refractivity contribution in [1.29, 1.82) is 0 Å². The lowest BCUT2D eigenvalue weighted by molar-refractivity contribution is 0.0617. The molecule has 3 N–H and O–H groups in total. The van der Waals surface area contributed by atoms with Gasteiger partial charge in [-0.1, -0.05) is 45.0 Å². The Morgan fingerprint density at radius 1 is 0.973 bits per heavy atom. The van der Waals surface area contributed by atoms with Gasteiger partial charge in [0.25, 0.3) is 11.8 Å². The second-order valence-electron chi connectivity index (χ2n) is 9.18. The molecule has 0 saturated heterocycles. The first-order valence-corrected chi connectivity index (χ1v) is 13.9. The average molecular weight is 523 g/mol. The average Bonchev–Trinajstić information content (AvgIpc) is 3.47. The second kappa shape index (κ2) is 14.0. The first-order chi connectivity index (χ1) is 17.9. The van der Waals surface area contributed by atoms with Gasteiger partial charge in [-0.15, -0.1) is 11.3 Å². The Morgan fingerprint density at radius 2 is 1.62 bits per heavy atom. The number of aliphatic hydroxyl groups is 1. The summed E-state index contributed by atoms with van der Waals surface area (Å²) in [6.45, 7) is 7.95. The van der Waals surface area contributed by atoms with Crippen LogP contribution in [0.3, 0.4) is 0 Å². The first kappa shape index (κ1) is 28.5. The van der Waals surface area contributed by atoms with Crippen LogP contribution >= 0.6 is 11.3 Å². The maximum atomic E-state index is 13.9. The van der Waals surface area contributed by atoms with E-state index in [1.807, 2.05) is 42.3 Å². The van der Waals surface area contributed by atoms with Crippen LogP contribution in [-0.4, -0.2) is 64.0 Å². The fraction of sp³-hybridized carbons (Fsp3) is 0.414. The summed E-state index contributed by atoms with van der Waals surface area (Å²) in [5.41, 5.74) is 9.42. The normalized spacial score (nSPS) is 11.8. The summed E-state index contributed by atoms with van der Waals surface area (Å²) in [6.07, 6.45) is 3.45. The van der Waals surface area contributed by atoms with Crippen molar-refractivity contribution in [2.45, 2.75) is 52.7 Å². The molecule has 2 aromatic carbocycles. The molecule has 3 aromatic rings. The van der Waals surface area contributed by atoms with Crippen LogP contribution in [0, 0.1) is 0 Å². The van der Waals surface area contributed by atoms with Gasteiger partial charge >= 0.3 is 0 Å². The molecule has 0 unspecified atom stereocenters. The predicted octanol–water partition coefficient (Wildman–Crippen LogP) is 4.60. The molecular weight excluding hydrogens is 484 g/mol. The van der Waals surface area contributed by atoms with Crippen molar-refractivity contribution in [3.05, 3.63) is 76.3 Å². The molecule has 1 heterocycles. The number of carbonyl (C=O) groups is 2. The van der Waals surface area contributed by atoms with Gasteiger partial charge in [-0.25, -0.2) is 4.98 Å². The Kier molecular flexibility index (Phi) is 10.8. The monoisotopic (exact) mass is 522 g/mol. The number of carbonyl (C=O) groups excluding carboxylic acids is 2. The van der Waals surface area contributed by atoms with E-state index in [4.69, 9.17) is 5.73 Å². The molecule has 1 aromatic heterocycles. The van der Waals surface area contributed by atoms with E-state index < -0.39 is 6.10 Å². The van der Waals surface area contributed by atoms with Crippen LogP contribution in [0.15, 0.2) is 54.0 Å². The Morgan fingerprint density at radius 3 is 2.19 bits per heavy atom. The van der Waals surface area contributed by atoms with Crippen LogP contribution in [0.2, 0.25) is 0 Å². The molecule has 1 atom stereocenters. The fourth-order valence-electron chi connectivity index (χ4n) is 4.30. The number of amides is 2. The number of thiazole rings is 1. The minimum absolute atomic E-state index is 0.0463. The maximum Gasteiger partial charge on any atom is 0.254 e. The summed E-state index contributed by atoms with van der Waals surface area (Å²) in [5.74, 6) is -0.361. The topological polar surface area (TPSA) is 99.8 Å². The van der Waals surface area contributed by atoms with Gasteiger partial charge in [0.2, 0.25) is 0 Å². The third-order valence-electron chi connectivity index (χ3n) is 6.14. The lowest BCUT2D eigenvalue weighted by atomic mass is 10.0. The van der Waals surface area contributed by atoms with Crippen LogP contribution in [0.1, 0.15) is 65.5 Å². The molecule has 8 heteroatoms. The van der Waals surface area contributed by atoms with Gasteiger partial charge in [-0.3, -0.25) is 9.59 Å². The number of aryl methyl sites for hydroxylation is 1. The number of hydrogen-bond donors (Lipinski definition) is 2. The molecule has 0 spiro atoms. The third kappa shape index (κ3) is 7.71. The summed E-state index contributed by atoms with van der Waals surface area (Å²) in [5, 5.41) is 13.0. The van der Waals surface area contributed by atoms with Crippen molar-refractivity contribution in [2.75, 3.05) is 26.2 Å². The van der Waals surface area contributed by atoms with E-state index in [-0.39, 0.29) is 24.9 Å². The van der Waals surface area contributed by atoms with Crippen LogP contribution in [0.4, 0.5) is 0 Å². The van der Waals surface area contributed by atoms with Crippen molar-refractivity contribution in [3.8, 4) is 10.6 Å².